The summed E-state index contributed by atoms with van der Waals surface area (Å²) < 4.78 is 5.73. The number of aldehydes is 1. The molecule has 0 aliphatic heterocycles. The van der Waals surface area contributed by atoms with E-state index in [1.165, 1.54) is 13.2 Å². The third-order valence-electron chi connectivity index (χ3n) is 8.78. The summed E-state index contributed by atoms with van der Waals surface area (Å²) in [5.74, 6) is 1.78. The van der Waals surface area contributed by atoms with E-state index in [0.717, 1.165) is 37.7 Å². The Morgan fingerprint density at radius 2 is 1.93 bits per heavy atom. The molecule has 0 amide bonds. The Bertz CT molecular complexity index is 709. The van der Waals surface area contributed by atoms with E-state index >= 15 is 0 Å². The fraction of sp³-hybridized carbons (Fsp3) is 0.783. The smallest absolute Gasteiger partial charge is 0.302 e. The zero-order valence-corrected chi connectivity index (χ0v) is 17.0. The first-order valence-corrected chi connectivity index (χ1v) is 10.6. The molecular formula is C23H32O4. The van der Waals surface area contributed by atoms with Crippen molar-refractivity contribution in [3.63, 3.8) is 0 Å². The summed E-state index contributed by atoms with van der Waals surface area (Å²) in [5, 5.41) is 0. The van der Waals surface area contributed by atoms with Crippen molar-refractivity contribution in [1.82, 2.24) is 0 Å². The van der Waals surface area contributed by atoms with Crippen LogP contribution < -0.4 is 0 Å². The van der Waals surface area contributed by atoms with Crippen molar-refractivity contribution >= 4 is 18.0 Å². The van der Waals surface area contributed by atoms with Gasteiger partial charge in [0.25, 0.3) is 0 Å². The SMILES string of the molecule is CC(=O)O[C@H]1CC[C@H]2[C@@H]3[C@H](C)CC4=CC(=O)C[C@H](C)[C@]4(C=O)[C@H]3CC[C@]12C. The van der Waals surface area contributed by atoms with E-state index < -0.39 is 5.41 Å². The normalized spacial score (nSPS) is 48.7. The predicted octanol–water partition coefficient (Wildman–Crippen LogP) is 4.12. The van der Waals surface area contributed by atoms with Crippen LogP contribution in [0.25, 0.3) is 0 Å². The van der Waals surface area contributed by atoms with Crippen LogP contribution in [0.5, 0.6) is 0 Å². The van der Waals surface area contributed by atoms with Crippen molar-refractivity contribution in [2.45, 2.75) is 72.3 Å². The number of carbonyl (C=O) groups excluding carboxylic acids is 3. The van der Waals surface area contributed by atoms with E-state index in [1.54, 1.807) is 6.08 Å². The minimum atomic E-state index is -0.466. The van der Waals surface area contributed by atoms with Crippen molar-refractivity contribution in [2.75, 3.05) is 0 Å². The lowest BCUT2D eigenvalue weighted by molar-refractivity contribution is -0.160. The molecule has 4 heteroatoms. The van der Waals surface area contributed by atoms with Crippen molar-refractivity contribution in [1.29, 1.82) is 0 Å². The third kappa shape index (κ3) is 2.51. The highest BCUT2D eigenvalue weighted by molar-refractivity contribution is 5.94. The summed E-state index contributed by atoms with van der Waals surface area (Å²) >= 11 is 0. The van der Waals surface area contributed by atoms with E-state index in [9.17, 15) is 14.4 Å². The average molecular weight is 373 g/mol. The second-order valence-electron chi connectivity index (χ2n) is 9.98. The number of allylic oxidation sites excluding steroid dienone is 1. The quantitative estimate of drug-likeness (QED) is 0.540. The number of ketones is 1. The third-order valence-corrected chi connectivity index (χ3v) is 8.78. The van der Waals surface area contributed by atoms with Gasteiger partial charge in [0.1, 0.15) is 12.4 Å². The van der Waals surface area contributed by atoms with Crippen molar-refractivity contribution < 1.29 is 19.1 Å². The molecule has 0 aromatic rings. The molecule has 3 fully saturated rings. The van der Waals surface area contributed by atoms with Gasteiger partial charge in [-0.05, 0) is 67.8 Å². The molecule has 0 N–H and O–H groups in total. The van der Waals surface area contributed by atoms with Gasteiger partial charge in [0, 0.05) is 18.8 Å². The van der Waals surface area contributed by atoms with E-state index in [2.05, 4.69) is 20.8 Å². The number of ether oxygens (including phenoxy) is 1. The van der Waals surface area contributed by atoms with E-state index in [0.29, 0.717) is 30.1 Å². The molecule has 0 spiro atoms. The molecule has 0 aromatic heterocycles. The maximum atomic E-state index is 12.6. The Kier molecular flexibility index (Phi) is 4.40. The maximum Gasteiger partial charge on any atom is 0.302 e. The molecule has 4 aliphatic carbocycles. The van der Waals surface area contributed by atoms with Gasteiger partial charge in [-0.2, -0.15) is 0 Å². The molecule has 0 radical (unpaired) electrons. The number of hydrogen-bond donors (Lipinski definition) is 0. The van der Waals surface area contributed by atoms with Crippen LogP contribution in [0.4, 0.5) is 0 Å². The molecule has 148 valence electrons. The van der Waals surface area contributed by atoms with Crippen LogP contribution in [-0.2, 0) is 19.1 Å². The van der Waals surface area contributed by atoms with Crippen molar-refractivity contribution in [3.8, 4) is 0 Å². The lowest BCUT2D eigenvalue weighted by Crippen LogP contribution is -2.57. The summed E-state index contributed by atoms with van der Waals surface area (Å²) in [7, 11) is 0. The van der Waals surface area contributed by atoms with Crippen molar-refractivity contribution in [3.05, 3.63) is 11.6 Å². The van der Waals surface area contributed by atoms with Gasteiger partial charge in [-0.15, -0.1) is 0 Å². The molecule has 27 heavy (non-hydrogen) atoms. The summed E-state index contributed by atoms with van der Waals surface area (Å²) in [5.41, 5.74) is 0.639. The van der Waals surface area contributed by atoms with Gasteiger partial charge in [-0.1, -0.05) is 26.3 Å². The number of hydrogen-bond acceptors (Lipinski definition) is 4. The summed E-state index contributed by atoms with van der Waals surface area (Å²) in [6.07, 6.45) is 8.30. The summed E-state index contributed by atoms with van der Waals surface area (Å²) in [4.78, 5) is 36.4. The Morgan fingerprint density at radius 3 is 2.59 bits per heavy atom. The Labute approximate surface area is 162 Å². The number of rotatable bonds is 2. The van der Waals surface area contributed by atoms with Crippen molar-refractivity contribution in [2.24, 2.45) is 40.4 Å². The first kappa shape index (κ1) is 18.9. The van der Waals surface area contributed by atoms with Gasteiger partial charge in [-0.25, -0.2) is 0 Å². The summed E-state index contributed by atoms with van der Waals surface area (Å²) in [6.45, 7) is 8.19. The molecule has 0 unspecified atom stereocenters. The lowest BCUT2D eigenvalue weighted by Gasteiger charge is -2.60. The van der Waals surface area contributed by atoms with Gasteiger partial charge in [0.15, 0.2) is 5.78 Å². The zero-order valence-electron chi connectivity index (χ0n) is 17.0. The average Bonchev–Trinajstić information content (AvgIpc) is 2.90. The van der Waals surface area contributed by atoms with Crippen LogP contribution in [0.2, 0.25) is 0 Å². The molecule has 4 rings (SSSR count). The highest BCUT2D eigenvalue weighted by atomic mass is 16.5. The number of carbonyl (C=O) groups is 3. The van der Waals surface area contributed by atoms with Gasteiger partial charge in [-0.3, -0.25) is 9.59 Å². The van der Waals surface area contributed by atoms with E-state index in [4.69, 9.17) is 4.74 Å². The predicted molar refractivity (Wildman–Crippen MR) is 102 cm³/mol. The second-order valence-corrected chi connectivity index (χ2v) is 9.98. The minimum absolute atomic E-state index is 0.00243. The zero-order chi connectivity index (χ0) is 19.6. The van der Waals surface area contributed by atoms with Crippen LogP contribution >= 0.6 is 0 Å². The standard InChI is InChI=1S/C23H32O4/c1-13-9-16-11-17(26)10-14(2)23(16,12-24)19-7-8-22(4)18(21(13)19)5-6-20(22)27-15(3)25/h11-14,18-21H,5-10H2,1-4H3/t13-,14+,18+,19+,20+,21+,22+,23+/m1/s1. The van der Waals surface area contributed by atoms with Gasteiger partial charge in [0.05, 0.1) is 5.41 Å². The largest absolute Gasteiger partial charge is 0.462 e. The van der Waals surface area contributed by atoms with E-state index in [-0.39, 0.29) is 29.2 Å². The second kappa shape index (κ2) is 6.28. The van der Waals surface area contributed by atoms with Crippen LogP contribution in [0.15, 0.2) is 11.6 Å². The minimum Gasteiger partial charge on any atom is -0.462 e. The Hall–Kier alpha value is -1.45. The molecule has 3 saturated carbocycles. The molecule has 0 saturated heterocycles. The van der Waals surface area contributed by atoms with Crippen LogP contribution in [0, 0.1) is 40.4 Å². The molecule has 8 atom stereocenters. The van der Waals surface area contributed by atoms with Gasteiger partial charge in [0.2, 0.25) is 0 Å². The Balaban J connectivity index is 1.74. The maximum absolute atomic E-state index is 12.6. The van der Waals surface area contributed by atoms with Crippen LogP contribution in [0.1, 0.15) is 66.2 Å². The molecule has 0 aromatic carbocycles. The van der Waals surface area contributed by atoms with E-state index in [1.807, 2.05) is 0 Å². The highest BCUT2D eigenvalue weighted by Gasteiger charge is 2.64. The first-order valence-electron chi connectivity index (χ1n) is 10.6. The summed E-state index contributed by atoms with van der Waals surface area (Å²) in [6, 6.07) is 0. The molecular weight excluding hydrogens is 340 g/mol. The fourth-order valence-electron chi connectivity index (χ4n) is 7.66. The fourth-order valence-corrected chi connectivity index (χ4v) is 7.66. The molecule has 4 aliphatic rings. The molecule has 0 bridgehead atoms. The first-order chi connectivity index (χ1) is 12.7. The molecule has 4 nitrogen and oxygen atoms in total. The van der Waals surface area contributed by atoms with Crippen LogP contribution in [-0.4, -0.2) is 24.1 Å². The van der Waals surface area contributed by atoms with Crippen LogP contribution in [0.3, 0.4) is 0 Å². The highest BCUT2D eigenvalue weighted by Crippen LogP contribution is 2.67. The monoisotopic (exact) mass is 372 g/mol. The molecule has 0 heterocycles. The lowest BCUT2D eigenvalue weighted by atomic mass is 9.43. The van der Waals surface area contributed by atoms with Gasteiger partial charge >= 0.3 is 5.97 Å². The topological polar surface area (TPSA) is 60.4 Å². The number of fused-ring (bicyclic) bond motifs is 5. The number of esters is 1. The Morgan fingerprint density at radius 1 is 1.19 bits per heavy atom. The van der Waals surface area contributed by atoms with Gasteiger partial charge < -0.3 is 9.53 Å².